The number of benzene rings is 1. The lowest BCUT2D eigenvalue weighted by molar-refractivity contribution is -0.221. The highest BCUT2D eigenvalue weighted by Crippen LogP contribution is 2.76. The number of alkyl halides is 1. The molecule has 5 saturated carbocycles. The van der Waals surface area contributed by atoms with Crippen LogP contribution < -0.4 is 5.32 Å². The fraction of sp³-hybridized carbons (Fsp3) is 0.755. The number of fused-ring (bicyclic) bond motifs is 7. The van der Waals surface area contributed by atoms with Crippen molar-refractivity contribution in [2.45, 2.75) is 174 Å². The molecule has 1 aromatic carbocycles. The quantitative estimate of drug-likeness (QED) is 0.170. The number of rotatable bonds is 11. The molecule has 7 aliphatic rings. The summed E-state index contributed by atoms with van der Waals surface area (Å²) in [4.78, 5) is 13.4. The second-order valence-electron chi connectivity index (χ2n) is 23.2. The second kappa shape index (κ2) is 16.0. The maximum Gasteiger partial charge on any atom is 0.315 e. The SMILES string of the molecule is C=C(C)[C@@H]1CC[C@]2(NCC[C@]3(O)CC[C@H](S(C)(=O)=O)CC3)CC[C@]3(C)[C@H](CC[C@@H]4[C@@]5(C)CC=C(C6=CC[C@](CF)(C(=O)OCc7ccccc7)CC6)C(C)(C)[C@@H]5CC[C@]43C)[C@@H]12. The zero-order valence-corrected chi connectivity index (χ0v) is 39.5. The molecule has 6 nitrogen and oxygen atoms in total. The minimum Gasteiger partial charge on any atom is -0.460 e. The topological polar surface area (TPSA) is 92.7 Å². The van der Waals surface area contributed by atoms with Gasteiger partial charge in [-0.2, -0.15) is 0 Å². The number of hydrogen-bond donors (Lipinski definition) is 2. The molecule has 1 aromatic rings. The molecule has 10 atom stereocenters. The lowest BCUT2D eigenvalue weighted by Crippen LogP contribution is -2.68. The number of aliphatic hydroxyl groups is 1. The predicted molar refractivity (Wildman–Crippen MR) is 244 cm³/mol. The lowest BCUT2D eigenvalue weighted by atomic mass is 9.33. The Morgan fingerprint density at radius 1 is 0.869 bits per heavy atom. The molecule has 338 valence electrons. The summed E-state index contributed by atoms with van der Waals surface area (Å²) < 4.78 is 45.0. The molecule has 2 N–H and O–H groups in total. The normalized spacial score (nSPS) is 43.1. The third kappa shape index (κ3) is 7.48. The summed E-state index contributed by atoms with van der Waals surface area (Å²) in [6, 6.07) is 9.65. The molecule has 0 aliphatic heterocycles. The van der Waals surface area contributed by atoms with Gasteiger partial charge in [-0.3, -0.25) is 4.79 Å². The van der Waals surface area contributed by atoms with Gasteiger partial charge in [-0.05, 0) is 191 Å². The summed E-state index contributed by atoms with van der Waals surface area (Å²) in [6.45, 7) is 20.1. The Balaban J connectivity index is 0.987. The van der Waals surface area contributed by atoms with Crippen LogP contribution in [0.3, 0.4) is 0 Å². The van der Waals surface area contributed by atoms with Crippen molar-refractivity contribution in [3.63, 3.8) is 0 Å². The first-order chi connectivity index (χ1) is 28.7. The van der Waals surface area contributed by atoms with Gasteiger partial charge >= 0.3 is 5.97 Å². The van der Waals surface area contributed by atoms with E-state index in [0.29, 0.717) is 81.0 Å². The van der Waals surface area contributed by atoms with Crippen LogP contribution in [0, 0.1) is 56.7 Å². The highest BCUT2D eigenvalue weighted by atomic mass is 32.2. The first-order valence-electron chi connectivity index (χ1n) is 24.2. The van der Waals surface area contributed by atoms with Crippen molar-refractivity contribution in [2.24, 2.45) is 56.7 Å². The number of hydrogen-bond acceptors (Lipinski definition) is 6. The first-order valence-corrected chi connectivity index (χ1v) is 26.1. The Labute approximate surface area is 368 Å². The first kappa shape index (κ1) is 45.3. The van der Waals surface area contributed by atoms with Gasteiger partial charge < -0.3 is 15.2 Å². The molecule has 8 heteroatoms. The number of halogens is 1. The van der Waals surface area contributed by atoms with Gasteiger partial charge in [0, 0.05) is 11.8 Å². The molecule has 61 heavy (non-hydrogen) atoms. The van der Waals surface area contributed by atoms with Gasteiger partial charge in [-0.25, -0.2) is 12.8 Å². The van der Waals surface area contributed by atoms with Crippen molar-refractivity contribution >= 4 is 15.8 Å². The van der Waals surface area contributed by atoms with Gasteiger partial charge in [0.2, 0.25) is 0 Å². The van der Waals surface area contributed by atoms with Crippen molar-refractivity contribution in [1.29, 1.82) is 0 Å². The zero-order chi connectivity index (χ0) is 43.9. The lowest BCUT2D eigenvalue weighted by Gasteiger charge is -2.72. The molecular weight excluding hydrogens is 782 g/mol. The van der Waals surface area contributed by atoms with Crippen molar-refractivity contribution in [1.82, 2.24) is 5.32 Å². The average molecular weight is 860 g/mol. The van der Waals surface area contributed by atoms with Gasteiger partial charge in [0.15, 0.2) is 0 Å². The zero-order valence-electron chi connectivity index (χ0n) is 38.7. The minimum absolute atomic E-state index is 0.0301. The number of carbonyl (C=O) groups is 1. The summed E-state index contributed by atoms with van der Waals surface area (Å²) in [5.41, 5.74) is 3.72. The number of ether oxygens (including phenoxy) is 1. The summed E-state index contributed by atoms with van der Waals surface area (Å²) in [7, 11) is -3.07. The van der Waals surface area contributed by atoms with Crippen LogP contribution in [0.2, 0.25) is 0 Å². The molecule has 0 heterocycles. The Morgan fingerprint density at radius 3 is 2.23 bits per heavy atom. The van der Waals surface area contributed by atoms with E-state index in [0.717, 1.165) is 31.4 Å². The number of carbonyl (C=O) groups excluding carboxylic acids is 1. The number of allylic oxidation sites excluding steroid dienone is 5. The standard InChI is InChI=1S/C53H78FNO5S/c1-36(2)40-20-29-53(55-33-32-52(57)27-18-39(19-28-52)61(8,58)59)31-30-49(6)42(45(40)53)14-15-44-48(5)23-21-41(47(3,4)43(48)22-24-50(44,49)7)38-16-25-51(35-54,26-17-38)46(56)60-34-37-12-10-9-11-13-37/h9-13,16,21,39-40,42-45,55,57H,1,14-15,17-20,22-35H2,2-8H3/t39-,40-,42+,43-,44+,45+,48-,49+,50+,51-,52-,53-/m0/s1. The second-order valence-corrected chi connectivity index (χ2v) is 25.6. The Morgan fingerprint density at radius 2 is 1.59 bits per heavy atom. The van der Waals surface area contributed by atoms with Crippen LogP contribution >= 0.6 is 0 Å². The maximum absolute atomic E-state index is 14.8. The van der Waals surface area contributed by atoms with E-state index in [2.05, 4.69) is 65.6 Å². The van der Waals surface area contributed by atoms with Crippen molar-refractivity contribution in [3.8, 4) is 0 Å². The van der Waals surface area contributed by atoms with Crippen molar-refractivity contribution in [2.75, 3.05) is 19.5 Å². The van der Waals surface area contributed by atoms with Crippen LogP contribution in [-0.4, -0.2) is 55.4 Å². The third-order valence-corrected chi connectivity index (χ3v) is 21.7. The smallest absolute Gasteiger partial charge is 0.315 e. The van der Waals surface area contributed by atoms with Crippen LogP contribution in [-0.2, 0) is 26.0 Å². The van der Waals surface area contributed by atoms with E-state index < -0.39 is 33.5 Å². The largest absolute Gasteiger partial charge is 0.460 e. The van der Waals surface area contributed by atoms with Gasteiger partial charge in [-0.15, -0.1) is 0 Å². The molecule has 7 aliphatic carbocycles. The molecule has 0 aromatic heterocycles. The summed E-state index contributed by atoms with van der Waals surface area (Å²) in [6.07, 6.45) is 21.3. The number of sulfone groups is 1. The van der Waals surface area contributed by atoms with E-state index >= 15 is 0 Å². The van der Waals surface area contributed by atoms with E-state index in [1.54, 1.807) is 0 Å². The molecule has 0 unspecified atom stereocenters. The van der Waals surface area contributed by atoms with E-state index in [1.807, 2.05) is 30.3 Å². The van der Waals surface area contributed by atoms with Crippen LogP contribution in [0.25, 0.3) is 0 Å². The number of esters is 1. The third-order valence-electron chi connectivity index (χ3n) is 20.0. The fourth-order valence-corrected chi connectivity index (χ4v) is 17.4. The Hall–Kier alpha value is -2.29. The van der Waals surface area contributed by atoms with Crippen molar-refractivity contribution in [3.05, 3.63) is 71.3 Å². The van der Waals surface area contributed by atoms with Gasteiger partial charge in [0.05, 0.1) is 16.3 Å². The fourth-order valence-electron chi connectivity index (χ4n) is 16.3. The summed E-state index contributed by atoms with van der Waals surface area (Å²) in [5.74, 6) is 2.39. The molecule has 0 radical (unpaired) electrons. The molecule has 5 fully saturated rings. The van der Waals surface area contributed by atoms with E-state index in [4.69, 9.17) is 4.74 Å². The minimum atomic E-state index is -3.07. The summed E-state index contributed by atoms with van der Waals surface area (Å²) in [5, 5.41) is 15.5. The Bertz CT molecular complexity index is 2020. The van der Waals surface area contributed by atoms with Crippen LogP contribution in [0.4, 0.5) is 4.39 Å². The van der Waals surface area contributed by atoms with Crippen LogP contribution in [0.1, 0.15) is 156 Å². The number of nitrogens with one attached hydrogen (secondary N) is 1. The van der Waals surface area contributed by atoms with Crippen LogP contribution in [0.15, 0.2) is 65.8 Å². The summed E-state index contributed by atoms with van der Waals surface area (Å²) >= 11 is 0. The molecule has 0 spiro atoms. The molecule has 8 rings (SSSR count). The van der Waals surface area contributed by atoms with E-state index in [1.165, 1.54) is 61.5 Å². The van der Waals surface area contributed by atoms with Gasteiger partial charge in [0.25, 0.3) is 0 Å². The molecule has 0 bridgehead atoms. The highest BCUT2D eigenvalue weighted by Gasteiger charge is 2.70. The van der Waals surface area contributed by atoms with Gasteiger partial charge in [-0.1, -0.05) is 89.3 Å². The van der Waals surface area contributed by atoms with E-state index in [9.17, 15) is 22.7 Å². The van der Waals surface area contributed by atoms with Crippen LogP contribution in [0.5, 0.6) is 0 Å². The monoisotopic (exact) mass is 860 g/mol. The maximum atomic E-state index is 14.8. The molecule has 0 saturated heterocycles. The Kier molecular flexibility index (Phi) is 11.9. The molecular formula is C53H78FNO5S. The van der Waals surface area contributed by atoms with Gasteiger partial charge in [0.1, 0.15) is 23.1 Å². The van der Waals surface area contributed by atoms with Crippen molar-refractivity contribution < 1.29 is 27.4 Å². The predicted octanol–water partition coefficient (Wildman–Crippen LogP) is 11.4. The highest BCUT2D eigenvalue weighted by molar-refractivity contribution is 7.91. The average Bonchev–Trinajstić information content (AvgIpc) is 3.60. The molecule has 0 amide bonds. The van der Waals surface area contributed by atoms with E-state index in [-0.39, 0.29) is 39.1 Å².